The molecule has 8 heteroatoms. The Hall–Kier alpha value is -4.59. The van der Waals surface area contributed by atoms with Gasteiger partial charge in [0.05, 0.1) is 38.0 Å². The first-order chi connectivity index (χ1) is 17.9. The summed E-state index contributed by atoms with van der Waals surface area (Å²) < 4.78 is 15.9. The Kier molecular flexibility index (Phi) is 7.57. The molecule has 1 aliphatic rings. The van der Waals surface area contributed by atoms with Crippen LogP contribution < -0.4 is 9.47 Å². The molecule has 0 aliphatic carbocycles. The molecule has 4 rings (SSSR count). The molecule has 0 spiro atoms. The smallest absolute Gasteiger partial charge is 0.338 e. The van der Waals surface area contributed by atoms with Gasteiger partial charge in [-0.1, -0.05) is 48.5 Å². The second-order valence-electron chi connectivity index (χ2n) is 8.29. The summed E-state index contributed by atoms with van der Waals surface area (Å²) in [7, 11) is 2.89. The molecule has 0 aromatic heterocycles. The number of Topliss-reactive ketones (excluding diaryl/α,β-unsaturated/α-hetero) is 1. The van der Waals surface area contributed by atoms with Gasteiger partial charge in [0.1, 0.15) is 22.8 Å². The van der Waals surface area contributed by atoms with E-state index in [1.165, 1.54) is 19.1 Å². The molecule has 37 heavy (non-hydrogen) atoms. The molecule has 1 N–H and O–H groups in total. The Morgan fingerprint density at radius 1 is 0.892 bits per heavy atom. The highest BCUT2D eigenvalue weighted by Crippen LogP contribution is 2.43. The third-order valence-electron chi connectivity index (χ3n) is 6.14. The Morgan fingerprint density at radius 3 is 2.08 bits per heavy atom. The minimum Gasteiger partial charge on any atom is -0.506 e. The minimum absolute atomic E-state index is 0.0675. The number of carbonyl (C=O) groups excluding carboxylic acids is 3. The van der Waals surface area contributed by atoms with Gasteiger partial charge in [-0.3, -0.25) is 9.59 Å². The van der Waals surface area contributed by atoms with Gasteiger partial charge >= 0.3 is 5.97 Å². The number of likely N-dealkylation sites (tertiary alicyclic amines) is 1. The number of aliphatic hydroxyl groups is 1. The number of esters is 1. The summed E-state index contributed by atoms with van der Waals surface area (Å²) in [5, 5.41) is 11.5. The molecule has 1 atom stereocenters. The van der Waals surface area contributed by atoms with E-state index in [4.69, 9.17) is 14.2 Å². The first-order valence-electron chi connectivity index (χ1n) is 11.7. The predicted octanol–water partition coefficient (Wildman–Crippen LogP) is 4.50. The van der Waals surface area contributed by atoms with E-state index in [9.17, 15) is 19.5 Å². The number of hydrogen-bond acceptors (Lipinski definition) is 7. The molecule has 3 aromatic rings. The van der Waals surface area contributed by atoms with Crippen molar-refractivity contribution in [3.63, 3.8) is 0 Å². The normalized spacial score (nSPS) is 16.5. The van der Waals surface area contributed by atoms with Crippen molar-refractivity contribution in [1.82, 2.24) is 4.90 Å². The van der Waals surface area contributed by atoms with Gasteiger partial charge in [-0.05, 0) is 42.3 Å². The van der Waals surface area contributed by atoms with Crippen molar-refractivity contribution in [2.45, 2.75) is 19.5 Å². The average Bonchev–Trinajstić information content (AvgIpc) is 3.18. The Labute approximate surface area is 214 Å². The molecule has 3 aromatic carbocycles. The van der Waals surface area contributed by atoms with Crippen LogP contribution in [0.2, 0.25) is 0 Å². The van der Waals surface area contributed by atoms with Crippen LogP contribution in [0.4, 0.5) is 0 Å². The van der Waals surface area contributed by atoms with Crippen LogP contribution in [-0.4, -0.2) is 48.5 Å². The zero-order valence-corrected chi connectivity index (χ0v) is 20.8. The zero-order valence-electron chi connectivity index (χ0n) is 20.8. The number of carbonyl (C=O) groups is 3. The molecule has 0 saturated carbocycles. The number of ketones is 1. The fourth-order valence-electron chi connectivity index (χ4n) is 4.40. The molecule has 1 unspecified atom stereocenters. The van der Waals surface area contributed by atoms with Crippen LogP contribution >= 0.6 is 0 Å². The van der Waals surface area contributed by atoms with Gasteiger partial charge in [-0.2, -0.15) is 0 Å². The molecule has 190 valence electrons. The van der Waals surface area contributed by atoms with Gasteiger partial charge in [-0.25, -0.2) is 4.79 Å². The van der Waals surface area contributed by atoms with Crippen molar-refractivity contribution in [1.29, 1.82) is 0 Å². The van der Waals surface area contributed by atoms with Crippen LogP contribution in [0.25, 0.3) is 5.76 Å². The molecular formula is C29H27NO7. The highest BCUT2D eigenvalue weighted by molar-refractivity contribution is 6.46. The summed E-state index contributed by atoms with van der Waals surface area (Å²) in [6.45, 7) is 2.07. The zero-order chi connectivity index (χ0) is 26.5. The summed E-state index contributed by atoms with van der Waals surface area (Å²) in [5.41, 5.74) is 1.86. The minimum atomic E-state index is -0.861. The van der Waals surface area contributed by atoms with Gasteiger partial charge in [0.2, 0.25) is 0 Å². The van der Waals surface area contributed by atoms with Crippen LogP contribution in [-0.2, 0) is 20.9 Å². The van der Waals surface area contributed by atoms with E-state index in [0.29, 0.717) is 28.2 Å². The fraction of sp³-hybridized carbons (Fsp3) is 0.207. The molecular weight excluding hydrogens is 474 g/mol. The Balaban J connectivity index is 1.81. The van der Waals surface area contributed by atoms with Crippen LogP contribution in [0.1, 0.15) is 40.0 Å². The Morgan fingerprint density at radius 2 is 1.51 bits per heavy atom. The topological polar surface area (TPSA) is 102 Å². The highest BCUT2D eigenvalue weighted by atomic mass is 16.5. The summed E-state index contributed by atoms with van der Waals surface area (Å²) in [6, 6.07) is 19.7. The largest absolute Gasteiger partial charge is 0.506 e. The van der Waals surface area contributed by atoms with E-state index in [0.717, 1.165) is 0 Å². The van der Waals surface area contributed by atoms with Gasteiger partial charge in [0.15, 0.2) is 0 Å². The van der Waals surface area contributed by atoms with E-state index in [-0.39, 0.29) is 30.0 Å². The van der Waals surface area contributed by atoms with E-state index < -0.39 is 23.7 Å². The number of rotatable bonds is 8. The van der Waals surface area contributed by atoms with Crippen LogP contribution in [0.5, 0.6) is 11.5 Å². The number of amides is 1. The van der Waals surface area contributed by atoms with Crippen molar-refractivity contribution in [3.05, 3.63) is 101 Å². The predicted molar refractivity (Wildman–Crippen MR) is 136 cm³/mol. The first-order valence-corrected chi connectivity index (χ1v) is 11.7. The standard InChI is InChI=1S/C29H27NO7/c1-4-37-29(34)20-15-13-18(14-16-20)17-30-25(19-9-6-5-7-10-19)24(27(32)28(30)33)26(31)23-21(35-2)11-8-12-22(23)36-3/h5-16,25,31H,4,17H2,1-3H3/b26-24+. The number of nitrogens with zero attached hydrogens (tertiary/aromatic N) is 1. The number of hydrogen-bond donors (Lipinski definition) is 1. The molecule has 1 amide bonds. The summed E-state index contributed by atoms with van der Waals surface area (Å²) in [4.78, 5) is 40.1. The van der Waals surface area contributed by atoms with E-state index in [1.54, 1.807) is 73.7 Å². The maximum atomic E-state index is 13.4. The lowest BCUT2D eigenvalue weighted by Crippen LogP contribution is -2.29. The lowest BCUT2D eigenvalue weighted by atomic mass is 9.94. The maximum absolute atomic E-state index is 13.4. The van der Waals surface area contributed by atoms with Crippen molar-refractivity contribution in [2.75, 3.05) is 20.8 Å². The molecule has 1 aliphatic heterocycles. The number of ether oxygens (including phenoxy) is 3. The van der Waals surface area contributed by atoms with Crippen LogP contribution in [0.15, 0.2) is 78.4 Å². The lowest BCUT2D eigenvalue weighted by Gasteiger charge is -2.26. The van der Waals surface area contributed by atoms with Gasteiger partial charge in [0, 0.05) is 6.54 Å². The molecule has 0 radical (unpaired) electrons. The first kappa shape index (κ1) is 25.5. The molecule has 0 bridgehead atoms. The SMILES string of the molecule is CCOC(=O)c1ccc(CN2C(=O)C(=O)/C(=C(/O)c3c(OC)cccc3OC)C2c2ccccc2)cc1. The van der Waals surface area contributed by atoms with Crippen molar-refractivity contribution in [2.24, 2.45) is 0 Å². The molecule has 8 nitrogen and oxygen atoms in total. The van der Waals surface area contributed by atoms with E-state index in [1.807, 2.05) is 6.07 Å². The molecule has 1 saturated heterocycles. The van der Waals surface area contributed by atoms with E-state index >= 15 is 0 Å². The third-order valence-corrected chi connectivity index (χ3v) is 6.14. The average molecular weight is 502 g/mol. The number of benzene rings is 3. The van der Waals surface area contributed by atoms with Gasteiger partial charge < -0.3 is 24.2 Å². The van der Waals surface area contributed by atoms with Crippen molar-refractivity contribution >= 4 is 23.4 Å². The monoisotopic (exact) mass is 501 g/mol. The highest BCUT2D eigenvalue weighted by Gasteiger charge is 2.46. The van der Waals surface area contributed by atoms with Crippen molar-refractivity contribution < 1.29 is 33.7 Å². The quantitative estimate of drug-likeness (QED) is 0.210. The van der Waals surface area contributed by atoms with Crippen molar-refractivity contribution in [3.8, 4) is 11.5 Å². The van der Waals surface area contributed by atoms with Crippen LogP contribution in [0, 0.1) is 0 Å². The van der Waals surface area contributed by atoms with E-state index in [2.05, 4.69) is 0 Å². The van der Waals surface area contributed by atoms with Gasteiger partial charge in [0.25, 0.3) is 11.7 Å². The summed E-state index contributed by atoms with van der Waals surface area (Å²) >= 11 is 0. The maximum Gasteiger partial charge on any atom is 0.338 e. The Bertz CT molecular complexity index is 1320. The number of methoxy groups -OCH3 is 2. The third kappa shape index (κ3) is 4.91. The lowest BCUT2D eigenvalue weighted by molar-refractivity contribution is -0.140. The summed E-state index contributed by atoms with van der Waals surface area (Å²) in [6.07, 6.45) is 0. The molecule has 1 fully saturated rings. The van der Waals surface area contributed by atoms with Crippen LogP contribution in [0.3, 0.4) is 0 Å². The number of aliphatic hydroxyl groups excluding tert-OH is 1. The second-order valence-corrected chi connectivity index (χ2v) is 8.29. The van der Waals surface area contributed by atoms with Gasteiger partial charge in [-0.15, -0.1) is 0 Å². The fourth-order valence-corrected chi connectivity index (χ4v) is 4.40. The second kappa shape index (κ2) is 11.0. The summed E-state index contributed by atoms with van der Waals surface area (Å²) in [5.74, 6) is -1.80. The molecule has 1 heterocycles.